The summed E-state index contributed by atoms with van der Waals surface area (Å²) in [4.78, 5) is 0. The zero-order valence-electron chi connectivity index (χ0n) is 10.5. The van der Waals surface area contributed by atoms with E-state index in [4.69, 9.17) is 0 Å². The normalized spacial score (nSPS) is 34.8. The molecule has 3 nitrogen and oxygen atoms in total. The lowest BCUT2D eigenvalue weighted by molar-refractivity contribution is -0.331. The Kier molecular flexibility index (Phi) is 3.57. The summed E-state index contributed by atoms with van der Waals surface area (Å²) in [6, 6.07) is -11.6. The van der Waals surface area contributed by atoms with Crippen LogP contribution in [0.1, 0.15) is 0 Å². The quantitative estimate of drug-likeness (QED) is 0.510. The Morgan fingerprint density at radius 2 is 0.680 bits per heavy atom. The van der Waals surface area contributed by atoms with E-state index in [-0.39, 0.29) is 0 Å². The van der Waals surface area contributed by atoms with Crippen molar-refractivity contribution in [3.8, 4) is 0 Å². The smallest absolute Gasteiger partial charge is 0.288 e. The van der Waals surface area contributed by atoms with Crippen LogP contribution < -0.4 is 0 Å². The van der Waals surface area contributed by atoms with E-state index in [1.54, 1.807) is 0 Å². The van der Waals surface area contributed by atoms with Gasteiger partial charge in [-0.15, -0.1) is 0 Å². The van der Waals surface area contributed by atoms with Crippen LogP contribution in [0.15, 0.2) is 0 Å². The molecule has 0 aromatic carbocycles. The van der Waals surface area contributed by atoms with Crippen LogP contribution in [0.4, 0.5) is 61.5 Å². The minimum Gasteiger partial charge on any atom is -0.288 e. The van der Waals surface area contributed by atoms with Crippen LogP contribution in [0.2, 0.25) is 0 Å². The Labute approximate surface area is 125 Å². The first-order chi connectivity index (χ1) is 10.6. The highest BCUT2D eigenvalue weighted by molar-refractivity contribution is 5.20. The van der Waals surface area contributed by atoms with Crippen molar-refractivity contribution < 1.29 is 75.7 Å². The molecule has 148 valence electrons. The Morgan fingerprint density at radius 1 is 0.480 bits per heavy atom. The first-order valence-corrected chi connectivity index (χ1v) is 5.37. The van der Waals surface area contributed by atoms with E-state index < -0.39 is 48.0 Å². The molecule has 0 aromatic rings. The summed E-state index contributed by atoms with van der Waals surface area (Å²) in [7, 11) is 0. The second kappa shape index (κ2) is 4.41. The van der Waals surface area contributed by atoms with E-state index in [1.165, 1.54) is 0 Å². The van der Waals surface area contributed by atoms with Crippen LogP contribution in [0.5, 0.6) is 0 Å². The van der Waals surface area contributed by atoms with Crippen LogP contribution in [-0.4, -0.2) is 48.0 Å². The van der Waals surface area contributed by atoms with Gasteiger partial charge in [0.1, 0.15) is 0 Å². The van der Waals surface area contributed by atoms with Gasteiger partial charge in [-0.2, -0.15) is 61.5 Å². The van der Waals surface area contributed by atoms with Crippen molar-refractivity contribution in [3.05, 3.63) is 0 Å². The van der Waals surface area contributed by atoms with Crippen molar-refractivity contribution >= 4 is 0 Å². The van der Waals surface area contributed by atoms with Crippen molar-refractivity contribution in [2.45, 2.75) is 48.0 Å². The lowest BCUT2D eigenvalue weighted by Gasteiger charge is -2.22. The second-order valence-electron chi connectivity index (χ2n) is 4.73. The maximum atomic E-state index is 13.5. The summed E-state index contributed by atoms with van der Waals surface area (Å²) < 4.78 is 183. The number of halogens is 14. The van der Waals surface area contributed by atoms with Gasteiger partial charge in [-0.3, -0.25) is 14.2 Å². The van der Waals surface area contributed by atoms with Gasteiger partial charge in [0.15, 0.2) is 0 Å². The predicted molar refractivity (Wildman–Crippen MR) is 40.6 cm³/mol. The molecule has 17 heteroatoms. The monoisotopic (exact) mass is 410 g/mol. The molecule has 2 aliphatic rings. The van der Waals surface area contributed by atoms with Crippen molar-refractivity contribution in [3.63, 3.8) is 0 Å². The first kappa shape index (κ1) is 20.2. The molecular formula is C8F14O3. The molecule has 0 amide bonds. The molecule has 0 aliphatic carbocycles. The van der Waals surface area contributed by atoms with Crippen molar-refractivity contribution in [2.75, 3.05) is 0 Å². The molecule has 0 aromatic heterocycles. The summed E-state index contributed by atoms with van der Waals surface area (Å²) in [5.74, 6) is 0. The largest absolute Gasteiger partial charge is 0.435 e. The van der Waals surface area contributed by atoms with E-state index in [1.807, 2.05) is 0 Å². The summed E-state index contributed by atoms with van der Waals surface area (Å²) in [5, 5.41) is 0. The third-order valence-corrected chi connectivity index (χ3v) is 3.19. The third-order valence-electron chi connectivity index (χ3n) is 3.19. The number of ether oxygens (including phenoxy) is 3. The van der Waals surface area contributed by atoms with Crippen LogP contribution in [0.3, 0.4) is 0 Å². The summed E-state index contributed by atoms with van der Waals surface area (Å²) in [5.41, 5.74) is -12.0. The van der Waals surface area contributed by atoms with E-state index in [0.29, 0.717) is 0 Å². The standard InChI is InChI=1S/C8F14O3/c9-3(10,11)1(4(12,13)14)7(21,23-1)25-8(22)2(24-8,5(15,16)17)6(18,19)20. The van der Waals surface area contributed by atoms with Gasteiger partial charge in [-0.05, 0) is 0 Å². The molecule has 2 fully saturated rings. The van der Waals surface area contributed by atoms with Gasteiger partial charge in [0, 0.05) is 0 Å². The summed E-state index contributed by atoms with van der Waals surface area (Å²) >= 11 is 0. The lowest BCUT2D eigenvalue weighted by Crippen LogP contribution is -2.55. The van der Waals surface area contributed by atoms with E-state index in [2.05, 4.69) is 14.2 Å². The molecule has 2 saturated heterocycles. The highest BCUT2D eigenvalue weighted by Crippen LogP contribution is 2.73. The molecule has 2 aliphatic heterocycles. The first-order valence-electron chi connectivity index (χ1n) is 5.37. The van der Waals surface area contributed by atoms with Gasteiger partial charge < -0.3 is 0 Å². The third kappa shape index (κ3) is 2.23. The van der Waals surface area contributed by atoms with Crippen molar-refractivity contribution in [2.24, 2.45) is 0 Å². The number of epoxide rings is 2. The van der Waals surface area contributed by atoms with Gasteiger partial charge in [-0.1, -0.05) is 0 Å². The fraction of sp³-hybridized carbons (Fsp3) is 1.00. The Balaban J connectivity index is 2.42. The van der Waals surface area contributed by atoms with E-state index >= 15 is 0 Å². The Morgan fingerprint density at radius 3 is 0.800 bits per heavy atom. The zero-order valence-corrected chi connectivity index (χ0v) is 10.5. The molecule has 2 atom stereocenters. The van der Waals surface area contributed by atoms with E-state index in [9.17, 15) is 61.5 Å². The summed E-state index contributed by atoms with van der Waals surface area (Å²) in [6.07, 6.45) is -27.1. The minimum atomic E-state index is -6.77. The zero-order chi connectivity index (χ0) is 20.1. The van der Waals surface area contributed by atoms with Crippen LogP contribution in [0.25, 0.3) is 0 Å². The highest BCUT2D eigenvalue weighted by atomic mass is 19.4. The highest BCUT2D eigenvalue weighted by Gasteiger charge is 3.05. The molecule has 0 radical (unpaired) electrons. The Hall–Kier alpha value is -1.10. The number of hydrogen-bond acceptors (Lipinski definition) is 3. The Bertz CT molecular complexity index is 493. The maximum Gasteiger partial charge on any atom is 0.435 e. The topological polar surface area (TPSA) is 34.3 Å². The SMILES string of the molecule is FC(F)(F)C1(C(F)(F)F)OC1(F)OC1(F)OC1(C(F)(F)F)C(F)(F)F. The molecule has 0 spiro atoms. The van der Waals surface area contributed by atoms with Crippen LogP contribution >= 0.6 is 0 Å². The second-order valence-corrected chi connectivity index (χ2v) is 4.73. The molecule has 2 rings (SSSR count). The van der Waals surface area contributed by atoms with Crippen LogP contribution in [0, 0.1) is 0 Å². The van der Waals surface area contributed by atoms with Crippen molar-refractivity contribution in [1.82, 2.24) is 0 Å². The molecule has 2 unspecified atom stereocenters. The number of hydrogen-bond donors (Lipinski definition) is 0. The van der Waals surface area contributed by atoms with Gasteiger partial charge in [0.2, 0.25) is 0 Å². The molecule has 0 saturated carbocycles. The van der Waals surface area contributed by atoms with Gasteiger partial charge in [-0.25, -0.2) is 0 Å². The van der Waals surface area contributed by atoms with Crippen molar-refractivity contribution in [1.29, 1.82) is 0 Å². The lowest BCUT2D eigenvalue weighted by atomic mass is 10.1. The van der Waals surface area contributed by atoms with Gasteiger partial charge in [0.05, 0.1) is 0 Å². The average molecular weight is 410 g/mol. The van der Waals surface area contributed by atoms with Crippen LogP contribution in [-0.2, 0) is 14.2 Å². The predicted octanol–water partition coefficient (Wildman–Crippen LogP) is 4.04. The molecular weight excluding hydrogens is 410 g/mol. The summed E-state index contributed by atoms with van der Waals surface area (Å²) in [6.45, 7) is 0. The van der Waals surface area contributed by atoms with Gasteiger partial charge >= 0.3 is 48.0 Å². The minimum absolute atomic E-state index is 2.53. The number of alkyl halides is 14. The maximum absolute atomic E-state index is 13.5. The molecule has 0 N–H and O–H groups in total. The fourth-order valence-electron chi connectivity index (χ4n) is 1.93. The fourth-order valence-corrected chi connectivity index (χ4v) is 1.93. The molecule has 25 heavy (non-hydrogen) atoms. The molecule has 2 heterocycles. The average Bonchev–Trinajstić information content (AvgIpc) is 3.07. The van der Waals surface area contributed by atoms with E-state index in [0.717, 1.165) is 0 Å². The molecule has 0 bridgehead atoms. The van der Waals surface area contributed by atoms with Gasteiger partial charge in [0.25, 0.3) is 0 Å². The number of rotatable bonds is 2.